The molecule has 0 saturated heterocycles. The van der Waals surface area contributed by atoms with Crippen LogP contribution in [0.15, 0.2) is 53.1 Å². The topological polar surface area (TPSA) is 41.9 Å². The molecule has 1 aromatic heterocycles. The van der Waals surface area contributed by atoms with Crippen molar-refractivity contribution in [3.8, 4) is 0 Å². The fourth-order valence-corrected chi connectivity index (χ4v) is 3.31. The number of benzene rings is 2. The van der Waals surface area contributed by atoms with Gasteiger partial charge in [0.15, 0.2) is 10.9 Å². The molecule has 4 nitrogen and oxygen atoms in total. The Hall–Kier alpha value is -2.25. The lowest BCUT2D eigenvalue weighted by molar-refractivity contribution is 0.586. The number of nitrogens with zero attached hydrogens (tertiary/aromatic N) is 2. The molecule has 0 bridgehead atoms. The van der Waals surface area contributed by atoms with E-state index in [1.165, 1.54) is 6.07 Å². The van der Waals surface area contributed by atoms with Crippen LogP contribution >= 0.6 is 28.1 Å². The Balaban J connectivity index is 1.69. The first-order valence-electron chi connectivity index (χ1n) is 8.03. The van der Waals surface area contributed by atoms with Gasteiger partial charge in [-0.25, -0.2) is 4.39 Å². The molecule has 3 rings (SSSR count). The minimum atomic E-state index is -0.249. The Bertz CT molecular complexity index is 934. The smallest absolute Gasteiger partial charge is 0.176 e. The van der Waals surface area contributed by atoms with Crippen LogP contribution < -0.4 is 10.6 Å². The SMILES string of the molecule is Cc1cc(C)cc(NC(=S)Nc2nn(Cc3ccccc3F)cc2Br)c1. The maximum atomic E-state index is 13.8. The van der Waals surface area contributed by atoms with E-state index in [0.717, 1.165) is 21.3 Å². The van der Waals surface area contributed by atoms with Crippen LogP contribution in [-0.4, -0.2) is 14.9 Å². The molecule has 0 aliphatic rings. The summed E-state index contributed by atoms with van der Waals surface area (Å²) < 4.78 is 16.2. The fourth-order valence-electron chi connectivity index (χ4n) is 2.68. The van der Waals surface area contributed by atoms with Crippen molar-refractivity contribution in [3.05, 3.63) is 75.6 Å². The van der Waals surface area contributed by atoms with E-state index >= 15 is 0 Å². The summed E-state index contributed by atoms with van der Waals surface area (Å²) in [7, 11) is 0. The molecule has 0 radical (unpaired) electrons. The van der Waals surface area contributed by atoms with Crippen molar-refractivity contribution in [2.45, 2.75) is 20.4 Å². The Kier molecular flexibility index (Phi) is 5.68. The summed E-state index contributed by atoms with van der Waals surface area (Å²) in [4.78, 5) is 0. The van der Waals surface area contributed by atoms with Crippen LogP contribution in [0.25, 0.3) is 0 Å². The van der Waals surface area contributed by atoms with Crippen LogP contribution in [0.3, 0.4) is 0 Å². The molecule has 3 aromatic rings. The van der Waals surface area contributed by atoms with Crippen LogP contribution in [-0.2, 0) is 6.54 Å². The third kappa shape index (κ3) is 4.68. The summed E-state index contributed by atoms with van der Waals surface area (Å²) in [6, 6.07) is 12.8. The summed E-state index contributed by atoms with van der Waals surface area (Å²) in [6.07, 6.45) is 1.79. The van der Waals surface area contributed by atoms with Crippen molar-refractivity contribution in [2.24, 2.45) is 0 Å². The number of nitrogens with one attached hydrogen (secondary N) is 2. The van der Waals surface area contributed by atoms with Crippen LogP contribution in [0.4, 0.5) is 15.9 Å². The van der Waals surface area contributed by atoms with Crippen LogP contribution in [0, 0.1) is 19.7 Å². The number of aryl methyl sites for hydroxylation is 2. The van der Waals surface area contributed by atoms with Crippen molar-refractivity contribution in [1.29, 1.82) is 0 Å². The number of anilines is 2. The summed E-state index contributed by atoms with van der Waals surface area (Å²) in [6.45, 7) is 4.41. The van der Waals surface area contributed by atoms with Gasteiger partial charge in [-0.3, -0.25) is 4.68 Å². The third-order valence-corrected chi connectivity index (χ3v) is 4.50. The minimum Gasteiger partial charge on any atom is -0.332 e. The number of hydrogen-bond donors (Lipinski definition) is 2. The zero-order valence-corrected chi connectivity index (χ0v) is 16.8. The molecule has 0 saturated carbocycles. The Labute approximate surface area is 165 Å². The molecule has 134 valence electrons. The molecule has 7 heteroatoms. The quantitative estimate of drug-likeness (QED) is 0.551. The van der Waals surface area contributed by atoms with E-state index in [0.29, 0.717) is 23.0 Å². The highest BCUT2D eigenvalue weighted by Crippen LogP contribution is 2.22. The van der Waals surface area contributed by atoms with Crippen molar-refractivity contribution in [1.82, 2.24) is 9.78 Å². The van der Waals surface area contributed by atoms with Gasteiger partial charge in [-0.15, -0.1) is 0 Å². The van der Waals surface area contributed by atoms with Gasteiger partial charge in [0.2, 0.25) is 0 Å². The van der Waals surface area contributed by atoms with E-state index < -0.39 is 0 Å². The predicted octanol–water partition coefficient (Wildman–Crippen LogP) is 5.26. The molecule has 0 amide bonds. The average Bonchev–Trinajstić information content (AvgIpc) is 2.88. The summed E-state index contributed by atoms with van der Waals surface area (Å²) in [5, 5.41) is 11.1. The largest absolute Gasteiger partial charge is 0.332 e. The van der Waals surface area contributed by atoms with Crippen LogP contribution in [0.1, 0.15) is 16.7 Å². The van der Waals surface area contributed by atoms with Crippen LogP contribution in [0.2, 0.25) is 0 Å². The van der Waals surface area contributed by atoms with Gasteiger partial charge >= 0.3 is 0 Å². The van der Waals surface area contributed by atoms with Gasteiger partial charge in [-0.2, -0.15) is 5.10 Å². The van der Waals surface area contributed by atoms with E-state index in [4.69, 9.17) is 12.2 Å². The molecule has 26 heavy (non-hydrogen) atoms. The second-order valence-electron chi connectivity index (χ2n) is 6.07. The maximum absolute atomic E-state index is 13.8. The summed E-state index contributed by atoms with van der Waals surface area (Å²) in [5.41, 5.74) is 3.81. The molecule has 0 spiro atoms. The van der Waals surface area contributed by atoms with E-state index in [2.05, 4.69) is 37.7 Å². The van der Waals surface area contributed by atoms with E-state index in [1.54, 1.807) is 29.1 Å². The number of halogens is 2. The first-order valence-corrected chi connectivity index (χ1v) is 9.23. The molecule has 0 atom stereocenters. The van der Waals surface area contributed by atoms with Crippen molar-refractivity contribution in [2.75, 3.05) is 10.6 Å². The number of rotatable bonds is 4. The maximum Gasteiger partial charge on any atom is 0.176 e. The molecule has 0 fully saturated rings. The van der Waals surface area contributed by atoms with Gasteiger partial charge in [-0.05, 0) is 71.3 Å². The van der Waals surface area contributed by atoms with E-state index in [9.17, 15) is 4.39 Å². The lowest BCUT2D eigenvalue weighted by atomic mass is 10.1. The normalized spacial score (nSPS) is 10.6. The van der Waals surface area contributed by atoms with Crippen molar-refractivity contribution in [3.63, 3.8) is 0 Å². The molecule has 2 aromatic carbocycles. The molecule has 2 N–H and O–H groups in total. The number of aromatic nitrogens is 2. The third-order valence-electron chi connectivity index (χ3n) is 3.72. The molecule has 0 aliphatic carbocycles. The lowest BCUT2D eigenvalue weighted by Gasteiger charge is -2.10. The molecule has 0 aliphatic heterocycles. The predicted molar refractivity (Wildman–Crippen MR) is 111 cm³/mol. The van der Waals surface area contributed by atoms with Gasteiger partial charge in [-0.1, -0.05) is 24.3 Å². The van der Waals surface area contributed by atoms with E-state index in [1.807, 2.05) is 26.0 Å². The Morgan fingerprint density at radius 3 is 2.54 bits per heavy atom. The summed E-state index contributed by atoms with van der Waals surface area (Å²) in [5.74, 6) is 0.323. The highest BCUT2D eigenvalue weighted by Gasteiger charge is 2.10. The zero-order chi connectivity index (χ0) is 18.7. The van der Waals surface area contributed by atoms with Gasteiger partial charge in [0, 0.05) is 17.4 Å². The highest BCUT2D eigenvalue weighted by molar-refractivity contribution is 9.10. The first kappa shape index (κ1) is 18.5. The number of thiocarbonyl (C=S) groups is 1. The Morgan fingerprint density at radius 1 is 1.15 bits per heavy atom. The van der Waals surface area contributed by atoms with Crippen LogP contribution in [0.5, 0.6) is 0 Å². The van der Waals surface area contributed by atoms with Gasteiger partial charge < -0.3 is 10.6 Å². The van der Waals surface area contributed by atoms with Gasteiger partial charge in [0.05, 0.1) is 11.0 Å². The van der Waals surface area contributed by atoms with Gasteiger partial charge in [0.1, 0.15) is 5.82 Å². The lowest BCUT2D eigenvalue weighted by Crippen LogP contribution is -2.20. The minimum absolute atomic E-state index is 0.249. The standard InChI is InChI=1S/C19H18BrFN4S/c1-12-7-13(2)9-15(8-12)22-19(26)23-18-16(20)11-25(24-18)10-14-5-3-4-6-17(14)21/h3-9,11H,10H2,1-2H3,(H2,22,23,24,26). The average molecular weight is 433 g/mol. The Morgan fingerprint density at radius 2 is 1.85 bits per heavy atom. The molecule has 0 unspecified atom stereocenters. The van der Waals surface area contributed by atoms with Gasteiger partial charge in [0.25, 0.3) is 0 Å². The monoisotopic (exact) mass is 432 g/mol. The highest BCUT2D eigenvalue weighted by atomic mass is 79.9. The molecular weight excluding hydrogens is 415 g/mol. The second-order valence-corrected chi connectivity index (χ2v) is 7.33. The summed E-state index contributed by atoms with van der Waals surface area (Å²) >= 11 is 8.83. The number of hydrogen-bond acceptors (Lipinski definition) is 2. The molecule has 1 heterocycles. The van der Waals surface area contributed by atoms with Crippen molar-refractivity contribution >= 4 is 44.8 Å². The zero-order valence-electron chi connectivity index (χ0n) is 14.4. The molecular formula is C19H18BrFN4S. The van der Waals surface area contributed by atoms with E-state index in [-0.39, 0.29) is 5.82 Å². The van der Waals surface area contributed by atoms with Crippen molar-refractivity contribution < 1.29 is 4.39 Å². The second kappa shape index (κ2) is 7.97. The fraction of sp³-hybridized carbons (Fsp3) is 0.158. The first-order chi connectivity index (χ1) is 12.4.